The number of non-ortho nitro benzene ring substituents is 1. The van der Waals surface area contributed by atoms with Crippen molar-refractivity contribution in [3.63, 3.8) is 0 Å². The van der Waals surface area contributed by atoms with E-state index in [0.717, 1.165) is 10.5 Å². The Kier molecular flexibility index (Phi) is 5.63. The number of imide groups is 1. The molecule has 4 amide bonds. The van der Waals surface area contributed by atoms with Crippen LogP contribution in [0.5, 0.6) is 0 Å². The summed E-state index contributed by atoms with van der Waals surface area (Å²) in [5.41, 5.74) is -0.323. The molecular weight excluding hydrogens is 352 g/mol. The lowest BCUT2D eigenvalue weighted by Crippen LogP contribution is -2.44. The van der Waals surface area contributed by atoms with Crippen molar-refractivity contribution in [2.24, 2.45) is 0 Å². The van der Waals surface area contributed by atoms with Gasteiger partial charge in [-0.1, -0.05) is 12.2 Å². The molecule has 1 aromatic carbocycles. The Morgan fingerprint density at radius 3 is 2.41 bits per heavy atom. The molecule has 0 aliphatic carbocycles. The van der Waals surface area contributed by atoms with Gasteiger partial charge in [-0.25, -0.2) is 4.79 Å². The molecule has 1 atom stereocenters. The highest BCUT2D eigenvalue weighted by Crippen LogP contribution is 2.30. The molecule has 0 spiro atoms. The summed E-state index contributed by atoms with van der Waals surface area (Å²) >= 11 is 0. The van der Waals surface area contributed by atoms with Crippen molar-refractivity contribution < 1.29 is 19.3 Å². The van der Waals surface area contributed by atoms with Crippen LogP contribution >= 0.6 is 0 Å². The summed E-state index contributed by atoms with van der Waals surface area (Å²) < 4.78 is 0. The summed E-state index contributed by atoms with van der Waals surface area (Å²) in [6.45, 7) is 9.25. The van der Waals surface area contributed by atoms with E-state index >= 15 is 0 Å². The molecule has 27 heavy (non-hydrogen) atoms. The second kappa shape index (κ2) is 7.56. The zero-order valence-electron chi connectivity index (χ0n) is 15.5. The Morgan fingerprint density at radius 1 is 1.33 bits per heavy atom. The standard InChI is InChI=1S/C18H22N4O5/c1-5-20(10-12(2)3)15(23)11-21-16(24)18(4,19-17(21)25)13-6-8-14(9-7-13)22(26)27/h6-9H,2,5,10-11H2,1,3-4H3,(H,19,25). The molecule has 1 N–H and O–H groups in total. The van der Waals surface area contributed by atoms with Crippen molar-refractivity contribution in [2.45, 2.75) is 26.3 Å². The van der Waals surface area contributed by atoms with Gasteiger partial charge in [-0.3, -0.25) is 24.6 Å². The topological polar surface area (TPSA) is 113 Å². The Bertz CT molecular complexity index is 804. The van der Waals surface area contributed by atoms with E-state index in [-0.39, 0.29) is 18.1 Å². The van der Waals surface area contributed by atoms with Crippen LogP contribution in [0.4, 0.5) is 10.5 Å². The zero-order valence-corrected chi connectivity index (χ0v) is 15.5. The Labute approximate surface area is 156 Å². The molecule has 0 bridgehead atoms. The SMILES string of the molecule is C=C(C)CN(CC)C(=O)CN1C(=O)NC(C)(c2ccc([N+](=O)[O-])cc2)C1=O. The number of carbonyl (C=O) groups excluding carboxylic acids is 3. The number of nitro groups is 1. The maximum absolute atomic E-state index is 12.8. The molecule has 0 aromatic heterocycles. The van der Waals surface area contributed by atoms with Gasteiger partial charge in [-0.05, 0) is 38.5 Å². The highest BCUT2D eigenvalue weighted by molar-refractivity contribution is 6.09. The average molecular weight is 374 g/mol. The number of nitrogens with one attached hydrogen (secondary N) is 1. The zero-order chi connectivity index (χ0) is 20.4. The van der Waals surface area contributed by atoms with Crippen molar-refractivity contribution in [3.8, 4) is 0 Å². The van der Waals surface area contributed by atoms with Gasteiger partial charge in [0.05, 0.1) is 4.92 Å². The summed E-state index contributed by atoms with van der Waals surface area (Å²) in [5.74, 6) is -0.946. The van der Waals surface area contributed by atoms with E-state index in [2.05, 4.69) is 11.9 Å². The van der Waals surface area contributed by atoms with E-state index < -0.39 is 22.4 Å². The predicted molar refractivity (Wildman–Crippen MR) is 97.8 cm³/mol. The molecule has 144 valence electrons. The molecule has 1 fully saturated rings. The van der Waals surface area contributed by atoms with Gasteiger partial charge in [0, 0.05) is 25.2 Å². The predicted octanol–water partition coefficient (Wildman–Crippen LogP) is 1.79. The quantitative estimate of drug-likeness (QED) is 0.338. The fraction of sp³-hybridized carbons (Fsp3) is 0.389. The first-order valence-electron chi connectivity index (χ1n) is 8.41. The summed E-state index contributed by atoms with van der Waals surface area (Å²) in [4.78, 5) is 50.2. The molecule has 1 aliphatic heterocycles. The molecule has 1 saturated heterocycles. The van der Waals surface area contributed by atoms with Gasteiger partial charge in [0.15, 0.2) is 0 Å². The lowest BCUT2D eigenvalue weighted by atomic mass is 9.92. The van der Waals surface area contributed by atoms with E-state index in [1.54, 1.807) is 13.8 Å². The van der Waals surface area contributed by atoms with E-state index in [4.69, 9.17) is 0 Å². The number of nitrogens with zero attached hydrogens (tertiary/aromatic N) is 3. The van der Waals surface area contributed by atoms with Gasteiger partial charge in [-0.2, -0.15) is 0 Å². The summed E-state index contributed by atoms with van der Waals surface area (Å²) in [5, 5.41) is 13.4. The minimum absolute atomic E-state index is 0.121. The van der Waals surface area contributed by atoms with Crippen molar-refractivity contribution in [1.29, 1.82) is 0 Å². The van der Waals surface area contributed by atoms with Crippen LogP contribution in [0.15, 0.2) is 36.4 Å². The highest BCUT2D eigenvalue weighted by atomic mass is 16.6. The van der Waals surface area contributed by atoms with Gasteiger partial charge in [0.25, 0.3) is 11.6 Å². The van der Waals surface area contributed by atoms with E-state index in [9.17, 15) is 24.5 Å². The molecule has 1 heterocycles. The summed E-state index contributed by atoms with van der Waals surface area (Å²) in [6.07, 6.45) is 0. The first kappa shape index (κ1) is 20.1. The van der Waals surface area contributed by atoms with Crippen molar-refractivity contribution in [3.05, 3.63) is 52.1 Å². The Balaban J connectivity index is 2.21. The molecule has 2 rings (SSSR count). The van der Waals surface area contributed by atoms with Gasteiger partial charge < -0.3 is 10.2 Å². The molecule has 1 aliphatic rings. The van der Waals surface area contributed by atoms with E-state index in [0.29, 0.717) is 18.7 Å². The monoisotopic (exact) mass is 374 g/mol. The van der Waals surface area contributed by atoms with Crippen LogP contribution in [-0.4, -0.2) is 52.2 Å². The fourth-order valence-electron chi connectivity index (χ4n) is 2.89. The Hall–Kier alpha value is -3.23. The molecule has 1 aromatic rings. The third kappa shape index (κ3) is 3.97. The van der Waals surface area contributed by atoms with E-state index in [1.165, 1.54) is 36.1 Å². The normalized spacial score (nSPS) is 19.0. The number of benzene rings is 1. The van der Waals surface area contributed by atoms with Crippen LogP contribution in [0.2, 0.25) is 0 Å². The Morgan fingerprint density at radius 2 is 1.93 bits per heavy atom. The van der Waals surface area contributed by atoms with E-state index in [1.807, 2.05) is 0 Å². The molecule has 9 nitrogen and oxygen atoms in total. The molecule has 0 radical (unpaired) electrons. The lowest BCUT2D eigenvalue weighted by molar-refractivity contribution is -0.384. The summed E-state index contributed by atoms with van der Waals surface area (Å²) in [7, 11) is 0. The van der Waals surface area contributed by atoms with Gasteiger partial charge in [-0.15, -0.1) is 0 Å². The number of urea groups is 1. The maximum Gasteiger partial charge on any atom is 0.325 e. The average Bonchev–Trinajstić information content (AvgIpc) is 2.83. The number of nitro benzene ring substituents is 1. The van der Waals surface area contributed by atoms with Crippen molar-refractivity contribution in [2.75, 3.05) is 19.6 Å². The number of likely N-dealkylation sites (N-methyl/N-ethyl adjacent to an activating group) is 1. The highest BCUT2D eigenvalue weighted by Gasteiger charge is 2.49. The molecule has 9 heteroatoms. The first-order valence-corrected chi connectivity index (χ1v) is 8.41. The first-order chi connectivity index (χ1) is 12.6. The van der Waals surface area contributed by atoms with Gasteiger partial charge in [0.2, 0.25) is 5.91 Å². The minimum Gasteiger partial charge on any atom is -0.337 e. The van der Waals surface area contributed by atoms with Crippen LogP contribution in [0.1, 0.15) is 26.3 Å². The maximum atomic E-state index is 12.8. The lowest BCUT2D eigenvalue weighted by Gasteiger charge is -2.24. The van der Waals surface area contributed by atoms with Crippen LogP contribution in [0.25, 0.3) is 0 Å². The van der Waals surface area contributed by atoms with Crippen LogP contribution in [0, 0.1) is 10.1 Å². The van der Waals surface area contributed by atoms with Crippen LogP contribution < -0.4 is 5.32 Å². The minimum atomic E-state index is -1.39. The number of amides is 4. The fourth-order valence-corrected chi connectivity index (χ4v) is 2.89. The third-order valence-electron chi connectivity index (χ3n) is 4.42. The number of hydrogen-bond acceptors (Lipinski definition) is 5. The number of carbonyl (C=O) groups is 3. The number of rotatable bonds is 7. The number of hydrogen-bond donors (Lipinski definition) is 1. The molecular formula is C18H22N4O5. The largest absolute Gasteiger partial charge is 0.337 e. The summed E-state index contributed by atoms with van der Waals surface area (Å²) in [6, 6.07) is 4.68. The molecule has 1 unspecified atom stereocenters. The van der Waals surface area contributed by atoms with Gasteiger partial charge >= 0.3 is 6.03 Å². The smallest absolute Gasteiger partial charge is 0.325 e. The van der Waals surface area contributed by atoms with Crippen LogP contribution in [-0.2, 0) is 15.1 Å². The second-order valence-electron chi connectivity index (χ2n) is 6.62. The van der Waals surface area contributed by atoms with Gasteiger partial charge in [0.1, 0.15) is 12.1 Å². The van der Waals surface area contributed by atoms with Crippen LogP contribution in [0.3, 0.4) is 0 Å². The third-order valence-corrected chi connectivity index (χ3v) is 4.42. The second-order valence-corrected chi connectivity index (χ2v) is 6.62. The van der Waals surface area contributed by atoms with Crippen molar-refractivity contribution >= 4 is 23.5 Å². The molecule has 0 saturated carbocycles. The van der Waals surface area contributed by atoms with Crippen molar-refractivity contribution in [1.82, 2.24) is 15.1 Å².